The molecule has 1 aromatic heterocycles. The molecule has 1 aliphatic heterocycles. The normalized spacial score (nSPS) is 16.8. The molecule has 3 rings (SSSR count). The highest BCUT2D eigenvalue weighted by Gasteiger charge is 2.26. The number of halogens is 1. The molecule has 0 bridgehead atoms. The number of nitrogens with zero attached hydrogens (tertiary/aromatic N) is 2. The van der Waals surface area contributed by atoms with E-state index in [0.29, 0.717) is 24.5 Å². The van der Waals surface area contributed by atoms with Gasteiger partial charge in [0.1, 0.15) is 0 Å². The monoisotopic (exact) mass is 348 g/mol. The van der Waals surface area contributed by atoms with Crippen LogP contribution in [0.3, 0.4) is 0 Å². The van der Waals surface area contributed by atoms with Gasteiger partial charge < -0.3 is 9.74 Å². The van der Waals surface area contributed by atoms with E-state index in [-0.39, 0.29) is 12.0 Å². The Labute approximate surface area is 144 Å². The number of hydrogen-bond donors (Lipinski definition) is 0. The molecule has 6 heteroatoms. The molecule has 1 aromatic carbocycles. The van der Waals surface area contributed by atoms with E-state index >= 15 is 0 Å². The van der Waals surface area contributed by atoms with E-state index in [4.69, 9.17) is 16.4 Å². The van der Waals surface area contributed by atoms with Crippen LogP contribution in [0.5, 0.6) is 0 Å². The van der Waals surface area contributed by atoms with Crippen LogP contribution in [0, 0.1) is 0 Å². The van der Waals surface area contributed by atoms with Crippen LogP contribution in [0.4, 0.5) is 0 Å². The first-order valence-electron chi connectivity index (χ1n) is 7.48. The summed E-state index contributed by atoms with van der Waals surface area (Å²) in [7, 11) is 0. The Morgan fingerprint density at radius 1 is 1.39 bits per heavy atom. The van der Waals surface area contributed by atoms with Gasteiger partial charge in [0, 0.05) is 18.0 Å². The molecule has 23 heavy (non-hydrogen) atoms. The molecule has 0 spiro atoms. The number of rotatable bonds is 5. The lowest BCUT2D eigenvalue weighted by atomic mass is 10.0. The van der Waals surface area contributed by atoms with Gasteiger partial charge in [-0.3, -0.25) is 4.79 Å². The van der Waals surface area contributed by atoms with Crippen molar-refractivity contribution >= 4 is 34.6 Å². The zero-order chi connectivity index (χ0) is 16.2. The summed E-state index contributed by atoms with van der Waals surface area (Å²) in [5.74, 6) is 0.0473. The van der Waals surface area contributed by atoms with Crippen molar-refractivity contribution in [1.29, 1.82) is 0 Å². The Balaban J connectivity index is 1.61. The first-order valence-corrected chi connectivity index (χ1v) is 8.74. The molecule has 1 aliphatic rings. The maximum Gasteiger partial charge on any atom is 0.264 e. The van der Waals surface area contributed by atoms with Crippen LogP contribution in [0.2, 0.25) is 5.02 Å². The van der Waals surface area contributed by atoms with Crippen molar-refractivity contribution in [3.05, 3.63) is 57.2 Å². The largest absolute Gasteiger partial charge is 0.390 e. The summed E-state index contributed by atoms with van der Waals surface area (Å²) in [6.45, 7) is 3.15. The number of hydrogen-bond acceptors (Lipinski definition) is 4. The van der Waals surface area contributed by atoms with Gasteiger partial charge in [0.2, 0.25) is 0 Å². The number of oxime groups is 1. The van der Waals surface area contributed by atoms with E-state index in [1.165, 1.54) is 11.3 Å². The van der Waals surface area contributed by atoms with Crippen LogP contribution in [-0.4, -0.2) is 35.7 Å². The van der Waals surface area contributed by atoms with Crippen molar-refractivity contribution in [2.24, 2.45) is 5.16 Å². The van der Waals surface area contributed by atoms with E-state index in [9.17, 15) is 4.79 Å². The third-order valence-corrected chi connectivity index (χ3v) is 4.85. The van der Waals surface area contributed by atoms with Crippen LogP contribution < -0.4 is 0 Å². The summed E-state index contributed by atoms with van der Waals surface area (Å²) in [6, 6.07) is 11.3. The van der Waals surface area contributed by atoms with E-state index in [2.05, 4.69) is 5.16 Å². The fourth-order valence-corrected chi connectivity index (χ4v) is 3.31. The molecule has 0 radical (unpaired) electrons. The summed E-state index contributed by atoms with van der Waals surface area (Å²) in [6.07, 6.45) is 0.583. The van der Waals surface area contributed by atoms with Crippen LogP contribution in [0.25, 0.3) is 0 Å². The molecule has 0 N–H and O–H groups in total. The molecule has 1 amide bonds. The quantitative estimate of drug-likeness (QED) is 0.817. The SMILES string of the molecule is CCN(CC1CC(c2ccc(Cl)cc2)=NO1)C(=O)c1cccs1. The molecule has 0 fully saturated rings. The van der Waals surface area contributed by atoms with Gasteiger partial charge in [0.25, 0.3) is 5.91 Å². The predicted molar refractivity (Wildman–Crippen MR) is 93.4 cm³/mol. The Morgan fingerprint density at radius 2 is 2.17 bits per heavy atom. The van der Waals surface area contributed by atoms with Crippen LogP contribution in [0.15, 0.2) is 46.9 Å². The van der Waals surface area contributed by atoms with Gasteiger partial charge in [-0.15, -0.1) is 11.3 Å². The molecule has 2 heterocycles. The standard InChI is InChI=1S/C17H17ClN2O2S/c1-2-20(17(21)16-4-3-9-23-16)11-14-10-15(19-22-14)12-5-7-13(18)8-6-12/h3-9,14H,2,10-11H2,1H3. The smallest absolute Gasteiger partial charge is 0.264 e. The van der Waals surface area contributed by atoms with Crippen molar-refractivity contribution < 1.29 is 9.63 Å². The first-order chi connectivity index (χ1) is 11.2. The number of amides is 1. The van der Waals surface area contributed by atoms with Crippen LogP contribution >= 0.6 is 22.9 Å². The molecule has 0 aliphatic carbocycles. The minimum absolute atomic E-state index is 0.0473. The molecule has 0 saturated heterocycles. The lowest BCUT2D eigenvalue weighted by molar-refractivity contribution is 0.0438. The number of benzene rings is 1. The topological polar surface area (TPSA) is 41.9 Å². The van der Waals surface area contributed by atoms with Gasteiger partial charge in [-0.05, 0) is 36.1 Å². The molecular weight excluding hydrogens is 332 g/mol. The zero-order valence-corrected chi connectivity index (χ0v) is 14.3. The molecular formula is C17H17ClN2O2S. The van der Waals surface area contributed by atoms with E-state index < -0.39 is 0 Å². The highest BCUT2D eigenvalue weighted by molar-refractivity contribution is 7.12. The minimum atomic E-state index is -0.107. The first kappa shape index (κ1) is 16.0. The minimum Gasteiger partial charge on any atom is -0.390 e. The third-order valence-electron chi connectivity index (χ3n) is 3.74. The van der Waals surface area contributed by atoms with E-state index in [1.807, 2.05) is 48.7 Å². The van der Waals surface area contributed by atoms with Crippen molar-refractivity contribution in [2.45, 2.75) is 19.4 Å². The highest BCUT2D eigenvalue weighted by Crippen LogP contribution is 2.20. The van der Waals surface area contributed by atoms with E-state index in [1.54, 1.807) is 4.90 Å². The van der Waals surface area contributed by atoms with Crippen LogP contribution in [0.1, 0.15) is 28.6 Å². The zero-order valence-electron chi connectivity index (χ0n) is 12.7. The molecule has 120 valence electrons. The van der Waals surface area contributed by atoms with Gasteiger partial charge in [0.15, 0.2) is 6.10 Å². The lowest BCUT2D eigenvalue weighted by Gasteiger charge is -2.22. The predicted octanol–water partition coefficient (Wildman–Crippen LogP) is 4.06. The van der Waals surface area contributed by atoms with Crippen molar-refractivity contribution in [3.63, 3.8) is 0 Å². The Bertz CT molecular complexity index is 698. The average molecular weight is 349 g/mol. The Hall–Kier alpha value is -1.85. The summed E-state index contributed by atoms with van der Waals surface area (Å²) in [5.41, 5.74) is 1.90. The van der Waals surface area contributed by atoms with Gasteiger partial charge in [0.05, 0.1) is 17.1 Å². The van der Waals surface area contributed by atoms with Gasteiger partial charge in [-0.2, -0.15) is 0 Å². The maximum atomic E-state index is 12.4. The summed E-state index contributed by atoms with van der Waals surface area (Å²) < 4.78 is 0. The lowest BCUT2D eigenvalue weighted by Crippen LogP contribution is -2.37. The summed E-state index contributed by atoms with van der Waals surface area (Å²) in [4.78, 5) is 20.5. The van der Waals surface area contributed by atoms with Crippen molar-refractivity contribution in [3.8, 4) is 0 Å². The van der Waals surface area contributed by atoms with Crippen LogP contribution in [-0.2, 0) is 4.84 Å². The molecule has 0 saturated carbocycles. The van der Waals surface area contributed by atoms with Gasteiger partial charge in [-0.1, -0.05) is 35.0 Å². The van der Waals surface area contributed by atoms with Gasteiger partial charge in [-0.25, -0.2) is 0 Å². The maximum absolute atomic E-state index is 12.4. The van der Waals surface area contributed by atoms with Crippen molar-refractivity contribution in [1.82, 2.24) is 4.90 Å². The second-order valence-electron chi connectivity index (χ2n) is 5.30. The fourth-order valence-electron chi connectivity index (χ4n) is 2.50. The third kappa shape index (κ3) is 3.74. The fraction of sp³-hybridized carbons (Fsp3) is 0.294. The van der Waals surface area contributed by atoms with Crippen molar-refractivity contribution in [2.75, 3.05) is 13.1 Å². The average Bonchev–Trinajstić information content (AvgIpc) is 3.24. The Morgan fingerprint density at radius 3 is 2.83 bits per heavy atom. The van der Waals surface area contributed by atoms with E-state index in [0.717, 1.165) is 16.2 Å². The highest BCUT2D eigenvalue weighted by atomic mass is 35.5. The molecule has 4 nitrogen and oxygen atoms in total. The Kier molecular flexibility index (Phi) is 4.98. The molecule has 1 atom stereocenters. The molecule has 1 unspecified atom stereocenters. The number of carbonyl (C=O) groups is 1. The number of thiophene rings is 1. The molecule has 2 aromatic rings. The number of carbonyl (C=O) groups excluding carboxylic acids is 1. The summed E-state index contributed by atoms with van der Waals surface area (Å²) >= 11 is 7.36. The summed E-state index contributed by atoms with van der Waals surface area (Å²) in [5, 5.41) is 6.77. The second-order valence-corrected chi connectivity index (χ2v) is 6.68. The van der Waals surface area contributed by atoms with Gasteiger partial charge >= 0.3 is 0 Å². The second kappa shape index (κ2) is 7.15. The number of likely N-dealkylation sites (N-methyl/N-ethyl adjacent to an activating group) is 1.